The third-order valence-electron chi connectivity index (χ3n) is 3.88. The van der Waals surface area contributed by atoms with Gasteiger partial charge in [-0.15, -0.1) is 0 Å². The average molecular weight is 303 g/mol. The van der Waals surface area contributed by atoms with E-state index >= 15 is 0 Å². The normalized spacial score (nSPS) is 16.2. The van der Waals surface area contributed by atoms with Crippen LogP contribution in [-0.4, -0.2) is 55.0 Å². The molecule has 5 heteroatoms. The van der Waals surface area contributed by atoms with E-state index in [0.717, 1.165) is 38.3 Å². The fourth-order valence-electron chi connectivity index (χ4n) is 2.51. The number of amides is 1. The van der Waals surface area contributed by atoms with E-state index in [0.29, 0.717) is 18.0 Å². The molecule has 0 aromatic heterocycles. The SMILES string of the molecule is CCOc1ccc(/C=C\C(=O)N2CCN(CC)CC2)cc1N. The molecule has 120 valence electrons. The van der Waals surface area contributed by atoms with Crippen LogP contribution in [-0.2, 0) is 4.79 Å². The van der Waals surface area contributed by atoms with Gasteiger partial charge in [0.15, 0.2) is 0 Å². The Balaban J connectivity index is 1.94. The fraction of sp³-hybridized carbons (Fsp3) is 0.471. The van der Waals surface area contributed by atoms with Crippen molar-refractivity contribution in [1.29, 1.82) is 0 Å². The molecule has 0 atom stereocenters. The summed E-state index contributed by atoms with van der Waals surface area (Å²) >= 11 is 0. The molecule has 1 heterocycles. The molecule has 0 unspecified atom stereocenters. The number of hydrogen-bond acceptors (Lipinski definition) is 4. The number of carbonyl (C=O) groups excluding carboxylic acids is 1. The van der Waals surface area contributed by atoms with Crippen LogP contribution in [0.4, 0.5) is 5.69 Å². The largest absolute Gasteiger partial charge is 0.492 e. The van der Waals surface area contributed by atoms with E-state index in [1.54, 1.807) is 12.2 Å². The molecule has 2 N–H and O–H groups in total. The molecule has 0 aliphatic carbocycles. The lowest BCUT2D eigenvalue weighted by Gasteiger charge is -2.33. The Bertz CT molecular complexity index is 535. The molecular formula is C17H25N3O2. The minimum atomic E-state index is 0.0585. The monoisotopic (exact) mass is 303 g/mol. The summed E-state index contributed by atoms with van der Waals surface area (Å²) < 4.78 is 5.40. The quantitative estimate of drug-likeness (QED) is 0.666. The molecule has 1 amide bonds. The Labute approximate surface area is 132 Å². The lowest BCUT2D eigenvalue weighted by molar-refractivity contribution is -0.127. The first-order valence-corrected chi connectivity index (χ1v) is 7.85. The molecule has 5 nitrogen and oxygen atoms in total. The lowest BCUT2D eigenvalue weighted by atomic mass is 10.1. The molecule has 22 heavy (non-hydrogen) atoms. The third kappa shape index (κ3) is 4.24. The fourth-order valence-corrected chi connectivity index (χ4v) is 2.51. The summed E-state index contributed by atoms with van der Waals surface area (Å²) in [6.07, 6.45) is 3.43. The van der Waals surface area contributed by atoms with Gasteiger partial charge in [-0.2, -0.15) is 0 Å². The number of nitrogen functional groups attached to an aromatic ring is 1. The van der Waals surface area contributed by atoms with Gasteiger partial charge in [0.05, 0.1) is 12.3 Å². The van der Waals surface area contributed by atoms with Crippen molar-refractivity contribution >= 4 is 17.7 Å². The first kappa shape index (κ1) is 16.4. The highest BCUT2D eigenvalue weighted by atomic mass is 16.5. The number of nitrogens with two attached hydrogens (primary N) is 1. The van der Waals surface area contributed by atoms with Crippen LogP contribution in [0.2, 0.25) is 0 Å². The maximum absolute atomic E-state index is 12.2. The van der Waals surface area contributed by atoms with Crippen LogP contribution in [0.15, 0.2) is 24.3 Å². The van der Waals surface area contributed by atoms with Crippen LogP contribution in [0.3, 0.4) is 0 Å². The highest BCUT2D eigenvalue weighted by molar-refractivity contribution is 5.92. The van der Waals surface area contributed by atoms with Gasteiger partial charge < -0.3 is 20.3 Å². The number of piperazine rings is 1. The van der Waals surface area contributed by atoms with Crippen molar-refractivity contribution < 1.29 is 9.53 Å². The van der Waals surface area contributed by atoms with Crippen molar-refractivity contribution in [3.63, 3.8) is 0 Å². The second kappa shape index (κ2) is 7.84. The zero-order valence-electron chi connectivity index (χ0n) is 13.4. The molecule has 0 saturated carbocycles. The molecule has 1 saturated heterocycles. The highest BCUT2D eigenvalue weighted by Crippen LogP contribution is 2.23. The number of ether oxygens (including phenoxy) is 1. The van der Waals surface area contributed by atoms with Gasteiger partial charge in [-0.3, -0.25) is 4.79 Å². The molecule has 1 aromatic carbocycles. The van der Waals surface area contributed by atoms with Crippen LogP contribution in [0.25, 0.3) is 6.08 Å². The second-order valence-corrected chi connectivity index (χ2v) is 5.32. The first-order valence-electron chi connectivity index (χ1n) is 7.85. The summed E-state index contributed by atoms with van der Waals surface area (Å²) in [5, 5.41) is 0. The molecule has 1 fully saturated rings. The minimum Gasteiger partial charge on any atom is -0.492 e. The number of nitrogens with zero attached hydrogens (tertiary/aromatic N) is 2. The van der Waals surface area contributed by atoms with Crippen molar-refractivity contribution in [3.8, 4) is 5.75 Å². The van der Waals surface area contributed by atoms with E-state index in [9.17, 15) is 4.79 Å². The Morgan fingerprint density at radius 1 is 1.27 bits per heavy atom. The smallest absolute Gasteiger partial charge is 0.246 e. The summed E-state index contributed by atoms with van der Waals surface area (Å²) in [5.41, 5.74) is 7.42. The van der Waals surface area contributed by atoms with Gasteiger partial charge in [0, 0.05) is 32.3 Å². The molecule has 1 aliphatic heterocycles. The summed E-state index contributed by atoms with van der Waals surface area (Å²) in [6, 6.07) is 5.56. The molecule has 0 radical (unpaired) electrons. The summed E-state index contributed by atoms with van der Waals surface area (Å²) in [7, 11) is 0. The number of rotatable bonds is 5. The molecular weight excluding hydrogens is 278 g/mol. The van der Waals surface area contributed by atoms with Crippen LogP contribution in [0.1, 0.15) is 19.4 Å². The summed E-state index contributed by atoms with van der Waals surface area (Å²) in [5.74, 6) is 0.741. The van der Waals surface area contributed by atoms with E-state index in [1.165, 1.54) is 0 Å². The Hall–Kier alpha value is -2.01. The van der Waals surface area contributed by atoms with Crippen LogP contribution in [0, 0.1) is 0 Å². The van der Waals surface area contributed by atoms with Crippen molar-refractivity contribution in [3.05, 3.63) is 29.8 Å². The number of hydrogen-bond donors (Lipinski definition) is 1. The second-order valence-electron chi connectivity index (χ2n) is 5.32. The van der Waals surface area contributed by atoms with Gasteiger partial charge in [-0.1, -0.05) is 13.0 Å². The topological polar surface area (TPSA) is 58.8 Å². The van der Waals surface area contributed by atoms with E-state index < -0.39 is 0 Å². The first-order chi connectivity index (χ1) is 10.6. The Morgan fingerprint density at radius 2 is 2.00 bits per heavy atom. The maximum Gasteiger partial charge on any atom is 0.246 e. The number of benzene rings is 1. The van der Waals surface area contributed by atoms with E-state index in [4.69, 9.17) is 10.5 Å². The lowest BCUT2D eigenvalue weighted by Crippen LogP contribution is -2.48. The number of anilines is 1. The summed E-state index contributed by atoms with van der Waals surface area (Å²) in [6.45, 7) is 9.19. The highest BCUT2D eigenvalue weighted by Gasteiger charge is 2.18. The summed E-state index contributed by atoms with van der Waals surface area (Å²) in [4.78, 5) is 16.4. The molecule has 0 spiro atoms. The van der Waals surface area contributed by atoms with Gasteiger partial charge in [0.25, 0.3) is 0 Å². The number of likely N-dealkylation sites (N-methyl/N-ethyl adjacent to an activating group) is 1. The van der Waals surface area contributed by atoms with E-state index in [1.807, 2.05) is 30.0 Å². The van der Waals surface area contributed by atoms with E-state index in [-0.39, 0.29) is 5.91 Å². The average Bonchev–Trinajstić information content (AvgIpc) is 2.55. The Morgan fingerprint density at radius 3 is 2.59 bits per heavy atom. The van der Waals surface area contributed by atoms with Crippen molar-refractivity contribution in [2.75, 3.05) is 45.1 Å². The van der Waals surface area contributed by atoms with Crippen molar-refractivity contribution in [2.45, 2.75) is 13.8 Å². The van der Waals surface area contributed by atoms with E-state index in [2.05, 4.69) is 11.8 Å². The maximum atomic E-state index is 12.2. The molecule has 1 aromatic rings. The molecule has 0 bridgehead atoms. The standard InChI is InChI=1S/C17H25N3O2/c1-3-19-9-11-20(12-10-19)17(21)8-6-14-5-7-16(22-4-2)15(18)13-14/h5-8,13H,3-4,9-12,18H2,1-2H3/b8-6-. The third-order valence-corrected chi connectivity index (χ3v) is 3.88. The zero-order valence-corrected chi connectivity index (χ0v) is 13.4. The Kier molecular flexibility index (Phi) is 5.83. The predicted octanol–water partition coefficient (Wildman–Crippen LogP) is 1.84. The van der Waals surface area contributed by atoms with Crippen LogP contribution < -0.4 is 10.5 Å². The van der Waals surface area contributed by atoms with Gasteiger partial charge in [-0.05, 0) is 37.2 Å². The molecule has 2 rings (SSSR count). The predicted molar refractivity (Wildman–Crippen MR) is 89.8 cm³/mol. The van der Waals surface area contributed by atoms with Gasteiger partial charge in [0.1, 0.15) is 5.75 Å². The van der Waals surface area contributed by atoms with Gasteiger partial charge >= 0.3 is 0 Å². The van der Waals surface area contributed by atoms with Gasteiger partial charge in [0.2, 0.25) is 5.91 Å². The molecule has 1 aliphatic rings. The zero-order chi connectivity index (χ0) is 15.9. The van der Waals surface area contributed by atoms with Crippen molar-refractivity contribution in [1.82, 2.24) is 9.80 Å². The van der Waals surface area contributed by atoms with Gasteiger partial charge in [-0.25, -0.2) is 0 Å². The minimum absolute atomic E-state index is 0.0585. The van der Waals surface area contributed by atoms with Crippen LogP contribution >= 0.6 is 0 Å². The van der Waals surface area contributed by atoms with Crippen LogP contribution in [0.5, 0.6) is 5.75 Å². The number of carbonyl (C=O) groups is 1. The van der Waals surface area contributed by atoms with Crippen molar-refractivity contribution in [2.24, 2.45) is 0 Å².